The van der Waals surface area contributed by atoms with Gasteiger partial charge in [-0.1, -0.05) is 0 Å². The number of nitro benzene ring substituents is 1. The van der Waals surface area contributed by atoms with Gasteiger partial charge in [-0.3, -0.25) is 19.7 Å². The van der Waals surface area contributed by atoms with Crippen LogP contribution >= 0.6 is 0 Å². The largest absolute Gasteiger partial charge is 0.496 e. The summed E-state index contributed by atoms with van der Waals surface area (Å²) in [5.74, 6) is -1.13. The molecule has 22 heavy (non-hydrogen) atoms. The molecule has 0 fully saturated rings. The maximum absolute atomic E-state index is 11.8. The van der Waals surface area contributed by atoms with Crippen LogP contribution < -0.4 is 10.1 Å². The number of rotatable bonds is 7. The molecule has 0 unspecified atom stereocenters. The van der Waals surface area contributed by atoms with Crippen molar-refractivity contribution in [3.05, 3.63) is 33.9 Å². The third-order valence-corrected chi connectivity index (χ3v) is 3.13. The van der Waals surface area contributed by atoms with E-state index in [0.717, 1.165) is 0 Å². The van der Waals surface area contributed by atoms with E-state index < -0.39 is 22.2 Å². The number of nitrogens with zero attached hydrogens (tertiary/aromatic N) is 1. The molecular weight excluding hydrogens is 292 g/mol. The Kier molecular flexibility index (Phi) is 5.44. The number of non-ortho nitro benzene ring substituents is 1. The third-order valence-electron chi connectivity index (χ3n) is 3.13. The molecular formula is C14H18N2O6. The topological polar surface area (TPSA) is 119 Å². The number of carbonyl (C=O) groups excluding carboxylic acids is 1. The lowest BCUT2D eigenvalue weighted by Gasteiger charge is -2.18. The molecule has 8 heteroatoms. The first kappa shape index (κ1) is 17.4. The van der Waals surface area contributed by atoms with Gasteiger partial charge >= 0.3 is 5.97 Å². The average molecular weight is 310 g/mol. The fourth-order valence-electron chi connectivity index (χ4n) is 1.75. The fourth-order valence-corrected chi connectivity index (χ4v) is 1.75. The Hall–Kier alpha value is -2.64. The van der Waals surface area contributed by atoms with E-state index in [1.165, 1.54) is 39.2 Å². The molecule has 0 bridgehead atoms. The Balaban J connectivity index is 2.79. The number of nitrogens with one attached hydrogen (secondary N) is 1. The van der Waals surface area contributed by atoms with E-state index in [9.17, 15) is 19.7 Å². The van der Waals surface area contributed by atoms with Crippen LogP contribution in [0.3, 0.4) is 0 Å². The highest BCUT2D eigenvalue weighted by atomic mass is 16.6. The van der Waals surface area contributed by atoms with Crippen molar-refractivity contribution >= 4 is 17.6 Å². The van der Waals surface area contributed by atoms with Gasteiger partial charge in [0.1, 0.15) is 5.75 Å². The van der Waals surface area contributed by atoms with Gasteiger partial charge in [0.25, 0.3) is 5.69 Å². The normalized spacial score (nSPS) is 10.9. The number of carboxylic acid groups (broad SMARTS) is 1. The van der Waals surface area contributed by atoms with E-state index in [2.05, 4.69) is 5.32 Å². The lowest BCUT2D eigenvalue weighted by Crippen LogP contribution is -2.33. The van der Waals surface area contributed by atoms with Gasteiger partial charge in [0.2, 0.25) is 5.91 Å². The van der Waals surface area contributed by atoms with Crippen LogP contribution in [0, 0.1) is 15.5 Å². The molecule has 0 aliphatic rings. The number of aliphatic carboxylic acids is 1. The van der Waals surface area contributed by atoms with Crippen LogP contribution in [0.25, 0.3) is 0 Å². The van der Waals surface area contributed by atoms with E-state index in [1.807, 2.05) is 0 Å². The average Bonchev–Trinajstić information content (AvgIpc) is 2.44. The standard InChI is InChI=1S/C14H18N2O6/c1-14(2,13(18)19)7-12(17)15-8-9-6-10(16(20)21)4-5-11(9)22-3/h4-6H,7-8H2,1-3H3,(H,15,17)(H,18,19). The molecule has 120 valence electrons. The third kappa shape index (κ3) is 4.44. The molecule has 0 radical (unpaired) electrons. The van der Waals surface area contributed by atoms with E-state index in [0.29, 0.717) is 11.3 Å². The second-order valence-electron chi connectivity index (χ2n) is 5.40. The maximum atomic E-state index is 11.8. The molecule has 1 rings (SSSR count). The highest BCUT2D eigenvalue weighted by Gasteiger charge is 2.30. The monoisotopic (exact) mass is 310 g/mol. The van der Waals surface area contributed by atoms with Crippen molar-refractivity contribution in [2.24, 2.45) is 5.41 Å². The Bertz CT molecular complexity index is 597. The highest BCUT2D eigenvalue weighted by molar-refractivity contribution is 5.84. The van der Waals surface area contributed by atoms with E-state index in [1.54, 1.807) is 0 Å². The molecule has 0 saturated carbocycles. The van der Waals surface area contributed by atoms with Gasteiger partial charge in [-0.25, -0.2) is 0 Å². The number of hydrogen-bond acceptors (Lipinski definition) is 5. The SMILES string of the molecule is COc1ccc([N+](=O)[O-])cc1CNC(=O)CC(C)(C)C(=O)O. The predicted octanol–water partition coefficient (Wildman–Crippen LogP) is 1.72. The van der Waals surface area contributed by atoms with Crippen LogP contribution in [0.4, 0.5) is 5.69 Å². The molecule has 0 atom stereocenters. The van der Waals surface area contributed by atoms with Crippen LogP contribution in [0.2, 0.25) is 0 Å². The second kappa shape index (κ2) is 6.88. The predicted molar refractivity (Wildman–Crippen MR) is 77.5 cm³/mol. The Morgan fingerprint density at radius 3 is 2.55 bits per heavy atom. The molecule has 0 aromatic heterocycles. The van der Waals surface area contributed by atoms with Crippen molar-refractivity contribution in [3.8, 4) is 5.75 Å². The summed E-state index contributed by atoms with van der Waals surface area (Å²) in [5, 5.41) is 22.3. The minimum atomic E-state index is -1.18. The zero-order valence-corrected chi connectivity index (χ0v) is 12.6. The van der Waals surface area contributed by atoms with E-state index >= 15 is 0 Å². The second-order valence-corrected chi connectivity index (χ2v) is 5.40. The molecule has 0 saturated heterocycles. The van der Waals surface area contributed by atoms with Crippen LogP contribution in [0.1, 0.15) is 25.8 Å². The molecule has 0 spiro atoms. The first-order chi connectivity index (χ1) is 10.2. The minimum Gasteiger partial charge on any atom is -0.496 e. The lowest BCUT2D eigenvalue weighted by atomic mass is 9.89. The number of benzene rings is 1. The van der Waals surface area contributed by atoms with Gasteiger partial charge in [-0.05, 0) is 19.9 Å². The summed E-state index contributed by atoms with van der Waals surface area (Å²) in [6.07, 6.45) is -0.195. The molecule has 0 heterocycles. The van der Waals surface area contributed by atoms with E-state index in [4.69, 9.17) is 9.84 Å². The zero-order chi connectivity index (χ0) is 16.9. The maximum Gasteiger partial charge on any atom is 0.309 e. The fraction of sp³-hybridized carbons (Fsp3) is 0.429. The molecule has 0 aliphatic carbocycles. The Labute approximate surface area is 127 Å². The van der Waals surface area contributed by atoms with Gasteiger partial charge < -0.3 is 15.2 Å². The first-order valence-corrected chi connectivity index (χ1v) is 6.49. The lowest BCUT2D eigenvalue weighted by molar-refractivity contribution is -0.384. The zero-order valence-electron chi connectivity index (χ0n) is 12.6. The number of ether oxygens (including phenoxy) is 1. The number of hydrogen-bond donors (Lipinski definition) is 2. The molecule has 0 aliphatic heterocycles. The minimum absolute atomic E-state index is 0.0133. The Morgan fingerprint density at radius 2 is 2.05 bits per heavy atom. The molecule has 1 aromatic carbocycles. The van der Waals surface area contributed by atoms with Crippen molar-refractivity contribution in [1.29, 1.82) is 0 Å². The first-order valence-electron chi connectivity index (χ1n) is 6.49. The molecule has 1 aromatic rings. The number of methoxy groups -OCH3 is 1. The summed E-state index contributed by atoms with van der Waals surface area (Å²) < 4.78 is 5.08. The van der Waals surface area contributed by atoms with Gasteiger partial charge in [0, 0.05) is 30.7 Å². The van der Waals surface area contributed by atoms with Crippen molar-refractivity contribution in [1.82, 2.24) is 5.32 Å². The summed E-state index contributed by atoms with van der Waals surface area (Å²) in [5.41, 5.74) is -0.856. The summed E-state index contributed by atoms with van der Waals surface area (Å²) in [6.45, 7) is 2.91. The van der Waals surface area contributed by atoms with Crippen molar-refractivity contribution in [3.63, 3.8) is 0 Å². The number of nitro groups is 1. The Morgan fingerprint density at radius 1 is 1.41 bits per heavy atom. The summed E-state index contributed by atoms with van der Waals surface area (Å²) in [4.78, 5) is 33.0. The molecule has 2 N–H and O–H groups in total. The van der Waals surface area contributed by atoms with Gasteiger partial charge in [0.05, 0.1) is 17.4 Å². The van der Waals surface area contributed by atoms with Crippen LogP contribution in [0.5, 0.6) is 5.75 Å². The smallest absolute Gasteiger partial charge is 0.309 e. The molecule has 1 amide bonds. The highest BCUT2D eigenvalue weighted by Crippen LogP contribution is 2.24. The van der Waals surface area contributed by atoms with Crippen LogP contribution in [0.15, 0.2) is 18.2 Å². The summed E-state index contributed by atoms with van der Waals surface area (Å²) in [6, 6.07) is 4.06. The number of carbonyl (C=O) groups is 2. The van der Waals surface area contributed by atoms with Crippen LogP contribution in [-0.4, -0.2) is 29.0 Å². The summed E-state index contributed by atoms with van der Waals surface area (Å²) >= 11 is 0. The van der Waals surface area contributed by atoms with Gasteiger partial charge in [-0.15, -0.1) is 0 Å². The van der Waals surface area contributed by atoms with Crippen molar-refractivity contribution < 1.29 is 24.4 Å². The van der Waals surface area contributed by atoms with Gasteiger partial charge in [0.15, 0.2) is 0 Å². The van der Waals surface area contributed by atoms with E-state index in [-0.39, 0.29) is 18.7 Å². The molecule has 8 nitrogen and oxygen atoms in total. The van der Waals surface area contributed by atoms with Crippen LogP contribution in [-0.2, 0) is 16.1 Å². The summed E-state index contributed by atoms with van der Waals surface area (Å²) in [7, 11) is 1.42. The quantitative estimate of drug-likeness (QED) is 0.584. The van der Waals surface area contributed by atoms with Crippen molar-refractivity contribution in [2.45, 2.75) is 26.8 Å². The number of amides is 1. The van der Waals surface area contributed by atoms with Gasteiger partial charge in [-0.2, -0.15) is 0 Å². The number of carboxylic acids is 1. The van der Waals surface area contributed by atoms with Crippen molar-refractivity contribution in [2.75, 3.05) is 7.11 Å².